The van der Waals surface area contributed by atoms with Gasteiger partial charge < -0.3 is 11.1 Å². The van der Waals surface area contributed by atoms with E-state index >= 15 is 0 Å². The molecule has 2 aromatic heterocycles. The van der Waals surface area contributed by atoms with E-state index in [0.29, 0.717) is 6.54 Å². The molecule has 2 rings (SSSR count). The first-order valence-corrected chi connectivity index (χ1v) is 5.97. The van der Waals surface area contributed by atoms with Crippen LogP contribution in [-0.4, -0.2) is 11.5 Å². The number of aromatic nitrogens is 1. The Labute approximate surface area is 101 Å². The molecular formula is C11H11F2N3S. The predicted molar refractivity (Wildman–Crippen MR) is 65.1 cm³/mol. The van der Waals surface area contributed by atoms with Crippen LogP contribution in [0.2, 0.25) is 0 Å². The molecule has 0 radical (unpaired) electrons. The molecular weight excluding hydrogens is 244 g/mol. The Bertz CT molecular complexity index is 500. The van der Waals surface area contributed by atoms with Crippen molar-refractivity contribution in [2.24, 2.45) is 0 Å². The molecule has 2 aromatic rings. The Kier molecular flexibility index (Phi) is 3.53. The maximum Gasteiger partial charge on any atom is 0.168 e. The maximum absolute atomic E-state index is 13.3. The molecule has 0 saturated heterocycles. The van der Waals surface area contributed by atoms with Crippen molar-refractivity contribution in [3.8, 4) is 0 Å². The Morgan fingerprint density at radius 3 is 2.88 bits per heavy atom. The molecule has 0 saturated carbocycles. The van der Waals surface area contributed by atoms with E-state index in [-0.39, 0.29) is 11.6 Å². The van der Waals surface area contributed by atoms with Crippen molar-refractivity contribution in [2.45, 2.75) is 6.42 Å². The van der Waals surface area contributed by atoms with Gasteiger partial charge in [-0.05, 0) is 28.8 Å². The van der Waals surface area contributed by atoms with Crippen LogP contribution in [0, 0.1) is 11.6 Å². The van der Waals surface area contributed by atoms with Gasteiger partial charge in [0.15, 0.2) is 23.3 Å². The van der Waals surface area contributed by atoms with Crippen LogP contribution in [0.25, 0.3) is 0 Å². The Hall–Kier alpha value is -1.69. The second-order valence-electron chi connectivity index (χ2n) is 3.49. The standard InChI is InChI=1S/C11H11F2N3S/c12-8-5-9(13)11(16-10(8)14)15-3-1-7-2-4-17-6-7/h2,4-6H,1,3H2,(H3,14,15,16). The van der Waals surface area contributed by atoms with Crippen LogP contribution in [0.15, 0.2) is 22.9 Å². The molecule has 0 fully saturated rings. The van der Waals surface area contributed by atoms with Crippen LogP contribution < -0.4 is 11.1 Å². The minimum atomic E-state index is -0.842. The molecule has 90 valence electrons. The van der Waals surface area contributed by atoms with Gasteiger partial charge in [0.05, 0.1) is 0 Å². The van der Waals surface area contributed by atoms with Gasteiger partial charge >= 0.3 is 0 Å². The fourth-order valence-corrected chi connectivity index (χ4v) is 2.07. The SMILES string of the molecule is Nc1nc(NCCc2ccsc2)c(F)cc1F. The van der Waals surface area contributed by atoms with Gasteiger partial charge in [-0.3, -0.25) is 0 Å². The van der Waals surface area contributed by atoms with Gasteiger partial charge in [0.25, 0.3) is 0 Å². The molecule has 17 heavy (non-hydrogen) atoms. The van der Waals surface area contributed by atoms with Gasteiger partial charge in [0, 0.05) is 12.6 Å². The molecule has 0 aliphatic heterocycles. The van der Waals surface area contributed by atoms with E-state index in [1.807, 2.05) is 16.8 Å². The molecule has 6 heteroatoms. The van der Waals surface area contributed by atoms with Crippen molar-refractivity contribution in [3.05, 3.63) is 40.1 Å². The zero-order valence-electron chi connectivity index (χ0n) is 8.91. The highest BCUT2D eigenvalue weighted by molar-refractivity contribution is 7.07. The Balaban J connectivity index is 1.97. The van der Waals surface area contributed by atoms with E-state index in [1.54, 1.807) is 11.3 Å². The smallest absolute Gasteiger partial charge is 0.168 e. The zero-order valence-corrected chi connectivity index (χ0v) is 9.73. The molecule has 0 aromatic carbocycles. The second kappa shape index (κ2) is 5.09. The second-order valence-corrected chi connectivity index (χ2v) is 4.27. The number of nitrogens with one attached hydrogen (secondary N) is 1. The number of pyridine rings is 1. The summed E-state index contributed by atoms with van der Waals surface area (Å²) in [5.74, 6) is -1.89. The largest absolute Gasteiger partial charge is 0.381 e. The van der Waals surface area contributed by atoms with E-state index in [2.05, 4.69) is 10.3 Å². The number of thiophene rings is 1. The molecule has 0 unspecified atom stereocenters. The predicted octanol–water partition coefficient (Wildman–Crippen LogP) is 2.66. The highest BCUT2D eigenvalue weighted by atomic mass is 32.1. The molecule has 3 N–H and O–H groups in total. The summed E-state index contributed by atoms with van der Waals surface area (Å²) < 4.78 is 26.1. The van der Waals surface area contributed by atoms with Crippen LogP contribution in [0.5, 0.6) is 0 Å². The average Bonchev–Trinajstić information content (AvgIpc) is 2.78. The van der Waals surface area contributed by atoms with E-state index in [0.717, 1.165) is 18.1 Å². The summed E-state index contributed by atoms with van der Waals surface area (Å²) in [6.45, 7) is 0.520. The lowest BCUT2D eigenvalue weighted by Crippen LogP contribution is -2.09. The van der Waals surface area contributed by atoms with Crippen LogP contribution in [-0.2, 0) is 6.42 Å². The van der Waals surface area contributed by atoms with Crippen LogP contribution in [0.1, 0.15) is 5.56 Å². The summed E-state index contributed by atoms with van der Waals surface area (Å²) in [6, 6.07) is 2.73. The highest BCUT2D eigenvalue weighted by Crippen LogP contribution is 2.16. The van der Waals surface area contributed by atoms with E-state index in [4.69, 9.17) is 5.73 Å². The summed E-state index contributed by atoms with van der Waals surface area (Å²) in [6.07, 6.45) is 0.752. The number of hydrogen-bond donors (Lipinski definition) is 2. The fourth-order valence-electron chi connectivity index (χ4n) is 1.36. The van der Waals surface area contributed by atoms with E-state index in [1.165, 1.54) is 0 Å². The first kappa shape index (κ1) is 11.8. The number of nitrogen functional groups attached to an aromatic ring is 1. The molecule has 0 aliphatic rings. The summed E-state index contributed by atoms with van der Waals surface area (Å²) in [5, 5.41) is 6.79. The Morgan fingerprint density at radius 1 is 1.35 bits per heavy atom. The van der Waals surface area contributed by atoms with Gasteiger partial charge in [-0.25, -0.2) is 13.8 Å². The number of halogens is 2. The highest BCUT2D eigenvalue weighted by Gasteiger charge is 2.08. The number of nitrogens with zero attached hydrogens (tertiary/aromatic N) is 1. The van der Waals surface area contributed by atoms with Gasteiger partial charge in [-0.2, -0.15) is 11.3 Å². The van der Waals surface area contributed by atoms with Gasteiger partial charge in [0.1, 0.15) is 0 Å². The summed E-state index contributed by atoms with van der Waals surface area (Å²) in [4.78, 5) is 3.61. The lowest BCUT2D eigenvalue weighted by Gasteiger charge is -2.07. The maximum atomic E-state index is 13.3. The quantitative estimate of drug-likeness (QED) is 0.883. The number of anilines is 2. The van der Waals surface area contributed by atoms with Crippen molar-refractivity contribution in [3.63, 3.8) is 0 Å². The molecule has 0 atom stereocenters. The average molecular weight is 255 g/mol. The monoisotopic (exact) mass is 255 g/mol. The molecule has 0 bridgehead atoms. The third-order valence-electron chi connectivity index (χ3n) is 2.24. The van der Waals surface area contributed by atoms with E-state index < -0.39 is 11.6 Å². The van der Waals surface area contributed by atoms with Gasteiger partial charge in [-0.15, -0.1) is 0 Å². The summed E-state index contributed by atoms with van der Waals surface area (Å²) >= 11 is 1.61. The minimum absolute atomic E-state index is 0.0147. The summed E-state index contributed by atoms with van der Waals surface area (Å²) in [5.41, 5.74) is 6.43. The lowest BCUT2D eigenvalue weighted by atomic mass is 10.2. The van der Waals surface area contributed by atoms with Crippen molar-refractivity contribution in [1.82, 2.24) is 4.98 Å². The molecule has 0 spiro atoms. The van der Waals surface area contributed by atoms with Crippen molar-refractivity contribution >= 4 is 23.0 Å². The van der Waals surface area contributed by atoms with Crippen LogP contribution in [0.4, 0.5) is 20.4 Å². The lowest BCUT2D eigenvalue weighted by molar-refractivity contribution is 0.579. The first-order valence-electron chi connectivity index (χ1n) is 5.03. The van der Waals surface area contributed by atoms with Crippen LogP contribution >= 0.6 is 11.3 Å². The Morgan fingerprint density at radius 2 is 2.18 bits per heavy atom. The normalized spacial score (nSPS) is 10.5. The topological polar surface area (TPSA) is 50.9 Å². The minimum Gasteiger partial charge on any atom is -0.381 e. The van der Waals surface area contributed by atoms with Crippen molar-refractivity contribution < 1.29 is 8.78 Å². The molecule has 3 nitrogen and oxygen atoms in total. The molecule has 0 amide bonds. The third kappa shape index (κ3) is 2.91. The molecule has 0 aliphatic carbocycles. The molecule has 2 heterocycles. The zero-order chi connectivity index (χ0) is 12.3. The summed E-state index contributed by atoms with van der Waals surface area (Å²) in [7, 11) is 0. The number of rotatable bonds is 4. The van der Waals surface area contributed by atoms with E-state index in [9.17, 15) is 8.78 Å². The van der Waals surface area contributed by atoms with Crippen LogP contribution in [0.3, 0.4) is 0 Å². The van der Waals surface area contributed by atoms with Crippen molar-refractivity contribution in [1.29, 1.82) is 0 Å². The number of hydrogen-bond acceptors (Lipinski definition) is 4. The van der Waals surface area contributed by atoms with Gasteiger partial charge in [0.2, 0.25) is 0 Å². The number of nitrogens with two attached hydrogens (primary N) is 1. The first-order chi connectivity index (χ1) is 8.16. The van der Waals surface area contributed by atoms with Crippen molar-refractivity contribution in [2.75, 3.05) is 17.6 Å². The fraction of sp³-hybridized carbons (Fsp3) is 0.182. The van der Waals surface area contributed by atoms with Gasteiger partial charge in [-0.1, -0.05) is 0 Å². The third-order valence-corrected chi connectivity index (χ3v) is 2.97.